The molecule has 0 radical (unpaired) electrons. The quantitative estimate of drug-likeness (QED) is 0.162. The van der Waals surface area contributed by atoms with Crippen molar-refractivity contribution < 1.29 is 0 Å². The van der Waals surface area contributed by atoms with Gasteiger partial charge in [0.1, 0.15) is 0 Å². The summed E-state index contributed by atoms with van der Waals surface area (Å²) in [6.45, 7) is 26.7. The molecule has 4 heteroatoms. The number of hydrogen-bond acceptors (Lipinski definition) is 3. The van der Waals surface area contributed by atoms with E-state index in [1.165, 1.54) is 149 Å². The number of hydrogen-bond donors (Lipinski definition) is 0. The second kappa shape index (κ2) is 15.9. The lowest BCUT2D eigenvalue weighted by molar-refractivity contribution is 0.332. The monoisotopic (exact) mass is 988 g/mol. The molecule has 0 bridgehead atoms. The molecule has 2 aliphatic carbocycles. The van der Waals surface area contributed by atoms with Crippen LogP contribution in [-0.4, -0.2) is 6.71 Å². The lowest BCUT2D eigenvalue weighted by Crippen LogP contribution is -2.62. The Labute approximate surface area is 448 Å². The molecule has 0 amide bonds. The van der Waals surface area contributed by atoms with Crippen LogP contribution in [0.25, 0.3) is 42.4 Å². The fraction of sp³-hybridized carbons (Fsp3) is 0.239. The molecular weight excluding hydrogens is 924 g/mol. The summed E-state index contributed by atoms with van der Waals surface area (Å²) in [5.74, 6) is 0. The van der Waals surface area contributed by atoms with E-state index >= 15 is 0 Å². The number of nitrogens with zero attached hydrogens (tertiary/aromatic N) is 2. The molecular formula is C71H65BN2S. The van der Waals surface area contributed by atoms with E-state index in [0.717, 1.165) is 6.42 Å². The van der Waals surface area contributed by atoms with Gasteiger partial charge in [0.15, 0.2) is 0 Å². The molecule has 9 aromatic carbocycles. The van der Waals surface area contributed by atoms with Crippen molar-refractivity contribution in [3.8, 4) is 22.3 Å². The highest BCUT2D eigenvalue weighted by Crippen LogP contribution is 2.56. The molecule has 4 aliphatic rings. The second-order valence-electron chi connectivity index (χ2n) is 24.9. The molecule has 0 saturated carbocycles. The molecule has 75 heavy (non-hydrogen) atoms. The van der Waals surface area contributed by atoms with Crippen LogP contribution in [0.1, 0.15) is 118 Å². The number of fused-ring (bicyclic) bond motifs is 11. The van der Waals surface area contributed by atoms with Crippen LogP contribution in [0, 0.1) is 20.8 Å². The predicted octanol–water partition coefficient (Wildman–Crippen LogP) is 17.7. The number of rotatable bonds is 4. The van der Waals surface area contributed by atoms with Crippen molar-refractivity contribution in [1.82, 2.24) is 0 Å². The van der Waals surface area contributed by atoms with Crippen molar-refractivity contribution in [3.63, 3.8) is 0 Å². The third kappa shape index (κ3) is 6.51. The van der Waals surface area contributed by atoms with Crippen molar-refractivity contribution in [2.75, 3.05) is 9.80 Å². The zero-order chi connectivity index (χ0) is 51.7. The van der Waals surface area contributed by atoms with Gasteiger partial charge in [-0.1, -0.05) is 189 Å². The average Bonchev–Trinajstić information content (AvgIpc) is 3.80. The maximum atomic E-state index is 2.75. The summed E-state index contributed by atoms with van der Waals surface area (Å²) < 4.78 is 2.64. The van der Waals surface area contributed by atoms with Crippen LogP contribution in [0.4, 0.5) is 34.1 Å². The van der Waals surface area contributed by atoms with Crippen LogP contribution in [0.5, 0.6) is 0 Å². The number of aryl methyl sites for hydroxylation is 3. The van der Waals surface area contributed by atoms with Gasteiger partial charge in [-0.25, -0.2) is 0 Å². The fourth-order valence-corrected chi connectivity index (χ4v) is 15.9. The van der Waals surface area contributed by atoms with Gasteiger partial charge in [0.2, 0.25) is 0 Å². The zero-order valence-corrected chi connectivity index (χ0v) is 46.3. The Bertz CT molecular complexity index is 4050. The Hall–Kier alpha value is -7.14. The highest BCUT2D eigenvalue weighted by atomic mass is 32.1. The summed E-state index contributed by atoms with van der Waals surface area (Å²) in [7, 11) is 0. The predicted molar refractivity (Wildman–Crippen MR) is 324 cm³/mol. The van der Waals surface area contributed by atoms with Gasteiger partial charge in [-0.2, -0.15) is 0 Å². The maximum Gasteiger partial charge on any atom is 0.252 e. The summed E-state index contributed by atoms with van der Waals surface area (Å²) >= 11 is 1.95. The van der Waals surface area contributed by atoms with Crippen LogP contribution in [0.2, 0.25) is 0 Å². The minimum atomic E-state index is -0.240. The van der Waals surface area contributed by atoms with Gasteiger partial charge < -0.3 is 9.80 Å². The molecule has 0 atom stereocenters. The molecule has 3 heterocycles. The van der Waals surface area contributed by atoms with Gasteiger partial charge in [0.25, 0.3) is 6.71 Å². The third-order valence-corrected chi connectivity index (χ3v) is 19.9. The zero-order valence-electron chi connectivity index (χ0n) is 45.5. The minimum absolute atomic E-state index is 0.0199. The normalized spacial score (nSPS) is 17.0. The highest BCUT2D eigenvalue weighted by Gasteiger charge is 2.49. The maximum absolute atomic E-state index is 2.75. The molecule has 0 saturated heterocycles. The van der Waals surface area contributed by atoms with Crippen molar-refractivity contribution in [2.24, 2.45) is 0 Å². The van der Waals surface area contributed by atoms with Gasteiger partial charge in [-0.15, -0.1) is 11.3 Å². The Morgan fingerprint density at radius 2 is 1.00 bits per heavy atom. The van der Waals surface area contributed by atoms with Crippen molar-refractivity contribution in [2.45, 2.75) is 111 Å². The first-order valence-electron chi connectivity index (χ1n) is 27.3. The molecule has 0 unspecified atom stereocenters. The lowest BCUT2D eigenvalue weighted by Gasteiger charge is -2.49. The number of thiophene rings is 1. The van der Waals surface area contributed by atoms with E-state index in [0.29, 0.717) is 0 Å². The first kappa shape index (κ1) is 46.4. The van der Waals surface area contributed by atoms with Crippen LogP contribution in [-0.2, 0) is 21.7 Å². The van der Waals surface area contributed by atoms with E-state index in [-0.39, 0.29) is 28.4 Å². The van der Waals surface area contributed by atoms with Gasteiger partial charge in [-0.05, 0) is 164 Å². The number of para-hydroxylation sites is 1. The number of anilines is 6. The number of benzene rings is 9. The van der Waals surface area contributed by atoms with Crippen LogP contribution in [0.3, 0.4) is 0 Å². The van der Waals surface area contributed by atoms with E-state index in [1.807, 2.05) is 11.3 Å². The van der Waals surface area contributed by atoms with Crippen LogP contribution < -0.4 is 26.2 Å². The first-order chi connectivity index (χ1) is 36.0. The molecule has 0 N–H and O–H groups in total. The molecule has 1 aromatic heterocycles. The van der Waals surface area contributed by atoms with Crippen molar-refractivity contribution >= 4 is 88.7 Å². The molecule has 10 aromatic rings. The van der Waals surface area contributed by atoms with Crippen LogP contribution >= 0.6 is 11.3 Å². The van der Waals surface area contributed by atoms with E-state index in [1.54, 1.807) is 0 Å². The lowest BCUT2D eigenvalue weighted by atomic mass is 9.33. The van der Waals surface area contributed by atoms with Gasteiger partial charge in [-0.3, -0.25) is 0 Å². The largest absolute Gasteiger partial charge is 0.311 e. The Balaban J connectivity index is 1.18. The van der Waals surface area contributed by atoms with E-state index in [9.17, 15) is 0 Å². The van der Waals surface area contributed by atoms with Gasteiger partial charge in [0, 0.05) is 54.6 Å². The highest BCUT2D eigenvalue weighted by molar-refractivity contribution is 7.26. The molecule has 0 spiro atoms. The Morgan fingerprint density at radius 3 is 1.71 bits per heavy atom. The molecule has 2 aliphatic heterocycles. The van der Waals surface area contributed by atoms with Crippen molar-refractivity contribution in [3.05, 3.63) is 220 Å². The average molecular weight is 989 g/mol. The third-order valence-electron chi connectivity index (χ3n) is 18.7. The van der Waals surface area contributed by atoms with Crippen molar-refractivity contribution in [1.29, 1.82) is 0 Å². The topological polar surface area (TPSA) is 6.48 Å². The summed E-state index contributed by atoms with van der Waals surface area (Å²) in [4.78, 5) is 5.46. The molecule has 368 valence electrons. The van der Waals surface area contributed by atoms with Gasteiger partial charge in [0.05, 0.1) is 16.1 Å². The summed E-state index contributed by atoms with van der Waals surface area (Å²) in [5, 5.41) is 2.62. The van der Waals surface area contributed by atoms with Crippen LogP contribution in [0.15, 0.2) is 170 Å². The standard InChI is InChI=1S/C71H65BN2S/c1-42-22-21-23-43(2)64(42)46-37-61-65-62(38-46)74(58-30-19-15-26-47(58)45-24-13-12-14-25-45)66-56(33-32-49-48-27-16-20-31-63(48)75-67(49)66)72(65)57-39-54-55(71(10,11)51-29-18-17-28-50(51)70(54,8)9)41-60(57)73(61)59-40-53-52(36-44(59)3)68(4,5)34-35-69(53,6)7/h12-33,36-41H,34-35H2,1-11H3. The van der Waals surface area contributed by atoms with Gasteiger partial charge >= 0.3 is 0 Å². The Kier molecular flexibility index (Phi) is 9.87. The first-order valence-corrected chi connectivity index (χ1v) is 28.2. The summed E-state index contributed by atoms with van der Waals surface area (Å²) in [5.41, 5.74) is 28.7. The summed E-state index contributed by atoms with van der Waals surface area (Å²) in [6.07, 6.45) is 2.33. The Morgan fingerprint density at radius 1 is 0.413 bits per heavy atom. The molecule has 2 nitrogen and oxygen atoms in total. The smallest absolute Gasteiger partial charge is 0.252 e. The van der Waals surface area contributed by atoms with E-state index < -0.39 is 0 Å². The van der Waals surface area contributed by atoms with E-state index in [2.05, 4.69) is 256 Å². The second-order valence-corrected chi connectivity index (χ2v) is 25.9. The summed E-state index contributed by atoms with van der Waals surface area (Å²) in [6, 6.07) is 66.1. The minimum Gasteiger partial charge on any atom is -0.311 e. The molecule has 0 fully saturated rings. The molecule has 14 rings (SSSR count). The SMILES string of the molecule is Cc1cc2c(cc1N1c3cc4c(cc3B3c5ccc6c(sc7ccccc76)c5N(c5ccccc5-c5ccccc5)c5cc(-c6c(C)cccc6C)cc1c53)C(C)(C)c1ccccc1C4(C)C)C(C)(C)CCC2(C)C. The van der Waals surface area contributed by atoms with E-state index in [4.69, 9.17) is 0 Å². The fourth-order valence-electron chi connectivity index (χ4n) is 14.6.